The Morgan fingerprint density at radius 2 is 2.00 bits per heavy atom. The van der Waals surface area contributed by atoms with Crippen LogP contribution in [-0.4, -0.2) is 41.5 Å². The number of nitrogens with zero attached hydrogens (tertiary/aromatic N) is 4. The highest BCUT2D eigenvalue weighted by Crippen LogP contribution is 2.17. The van der Waals surface area contributed by atoms with Gasteiger partial charge in [-0.15, -0.1) is 5.10 Å². The molecule has 1 saturated heterocycles. The lowest BCUT2D eigenvalue weighted by atomic mass is 10.1. The van der Waals surface area contributed by atoms with Crippen LogP contribution >= 0.6 is 0 Å². The molecule has 0 atom stereocenters. The molecule has 17 heavy (non-hydrogen) atoms. The van der Waals surface area contributed by atoms with Gasteiger partial charge in [0.2, 0.25) is 0 Å². The summed E-state index contributed by atoms with van der Waals surface area (Å²) >= 11 is 0. The van der Waals surface area contributed by atoms with Crippen LogP contribution in [0, 0.1) is 25.2 Å². The number of rotatable bonds is 2. The van der Waals surface area contributed by atoms with Gasteiger partial charge in [-0.05, 0) is 19.4 Å². The number of aromatic nitrogens is 2. The zero-order chi connectivity index (χ0) is 12.3. The number of hydrazine groups is 1. The van der Waals surface area contributed by atoms with Gasteiger partial charge in [0, 0.05) is 13.1 Å². The molecule has 2 rings (SSSR count). The lowest BCUT2D eigenvalue weighted by Gasteiger charge is -2.27. The fourth-order valence-electron chi connectivity index (χ4n) is 1.65. The van der Waals surface area contributed by atoms with Gasteiger partial charge in [-0.3, -0.25) is 0 Å². The van der Waals surface area contributed by atoms with Crippen LogP contribution in [0.1, 0.15) is 16.8 Å². The minimum Gasteiger partial charge on any atom is -0.379 e. The monoisotopic (exact) mass is 233 g/mol. The maximum Gasteiger partial charge on any atom is 0.181 e. The Morgan fingerprint density at radius 3 is 2.65 bits per heavy atom. The fraction of sp³-hybridized carbons (Fsp3) is 0.545. The first-order chi connectivity index (χ1) is 8.22. The molecule has 0 radical (unpaired) electrons. The van der Waals surface area contributed by atoms with Gasteiger partial charge in [0.05, 0.1) is 18.9 Å². The van der Waals surface area contributed by atoms with Gasteiger partial charge in [-0.1, -0.05) is 0 Å². The Morgan fingerprint density at radius 1 is 1.29 bits per heavy atom. The first-order valence-electron chi connectivity index (χ1n) is 5.55. The number of morpholine rings is 1. The molecule has 6 nitrogen and oxygen atoms in total. The van der Waals surface area contributed by atoms with Crippen LogP contribution in [0.5, 0.6) is 0 Å². The maximum atomic E-state index is 9.15. The molecule has 1 aliphatic heterocycles. The number of anilines is 1. The average molecular weight is 233 g/mol. The highest BCUT2D eigenvalue weighted by molar-refractivity contribution is 5.55. The topological polar surface area (TPSA) is 74.1 Å². The molecule has 0 unspecified atom stereocenters. The van der Waals surface area contributed by atoms with E-state index in [0.29, 0.717) is 24.6 Å². The van der Waals surface area contributed by atoms with Crippen LogP contribution < -0.4 is 5.43 Å². The number of aryl methyl sites for hydroxylation is 1. The van der Waals surface area contributed by atoms with Crippen LogP contribution in [-0.2, 0) is 4.74 Å². The number of nitriles is 1. The highest BCUT2D eigenvalue weighted by Gasteiger charge is 2.15. The van der Waals surface area contributed by atoms with E-state index in [-0.39, 0.29) is 0 Å². The summed E-state index contributed by atoms with van der Waals surface area (Å²) < 4.78 is 5.25. The summed E-state index contributed by atoms with van der Waals surface area (Å²) in [5.41, 5.74) is 5.34. The van der Waals surface area contributed by atoms with Crippen molar-refractivity contribution in [1.82, 2.24) is 15.2 Å². The number of hydrogen-bond acceptors (Lipinski definition) is 6. The van der Waals surface area contributed by atoms with Gasteiger partial charge in [0.1, 0.15) is 11.6 Å². The van der Waals surface area contributed by atoms with Crippen LogP contribution in [0.4, 0.5) is 5.82 Å². The smallest absolute Gasteiger partial charge is 0.181 e. The van der Waals surface area contributed by atoms with Gasteiger partial charge >= 0.3 is 0 Å². The lowest BCUT2D eigenvalue weighted by molar-refractivity contribution is 0.0494. The van der Waals surface area contributed by atoms with E-state index in [2.05, 4.69) is 21.7 Å². The number of nitrogens with one attached hydrogen (secondary N) is 1. The fourth-order valence-corrected chi connectivity index (χ4v) is 1.65. The first kappa shape index (κ1) is 11.8. The van der Waals surface area contributed by atoms with Gasteiger partial charge < -0.3 is 10.2 Å². The van der Waals surface area contributed by atoms with Crippen molar-refractivity contribution in [3.63, 3.8) is 0 Å². The van der Waals surface area contributed by atoms with E-state index in [0.717, 1.165) is 24.3 Å². The first-order valence-corrected chi connectivity index (χ1v) is 5.55. The molecule has 1 aromatic rings. The molecule has 6 heteroatoms. The van der Waals surface area contributed by atoms with Crippen molar-refractivity contribution < 1.29 is 4.74 Å². The molecular weight excluding hydrogens is 218 g/mol. The summed E-state index contributed by atoms with van der Waals surface area (Å²) in [5, 5.41) is 19.2. The molecule has 0 amide bonds. The molecule has 0 aromatic carbocycles. The van der Waals surface area contributed by atoms with E-state index in [9.17, 15) is 0 Å². The third kappa shape index (κ3) is 2.52. The van der Waals surface area contributed by atoms with Crippen molar-refractivity contribution in [1.29, 1.82) is 5.26 Å². The van der Waals surface area contributed by atoms with E-state index in [4.69, 9.17) is 10.00 Å². The molecule has 2 heterocycles. The molecule has 1 aromatic heterocycles. The molecule has 0 aliphatic carbocycles. The highest BCUT2D eigenvalue weighted by atomic mass is 16.5. The van der Waals surface area contributed by atoms with Crippen molar-refractivity contribution in [2.45, 2.75) is 13.8 Å². The molecule has 90 valence electrons. The van der Waals surface area contributed by atoms with Crippen molar-refractivity contribution in [3.8, 4) is 6.07 Å². The normalized spacial score (nSPS) is 16.5. The molecule has 0 bridgehead atoms. The summed E-state index contributed by atoms with van der Waals surface area (Å²) in [7, 11) is 0. The molecule has 0 saturated carbocycles. The Balaban J connectivity index is 2.20. The zero-order valence-corrected chi connectivity index (χ0v) is 10.0. The van der Waals surface area contributed by atoms with Gasteiger partial charge in [0.25, 0.3) is 0 Å². The SMILES string of the molecule is Cc1nnc(NN2CCOCC2)c(C#N)c1C. The second-order valence-corrected chi connectivity index (χ2v) is 3.96. The molecule has 1 aliphatic rings. The third-order valence-electron chi connectivity index (χ3n) is 2.84. The van der Waals surface area contributed by atoms with Crippen LogP contribution in [0.3, 0.4) is 0 Å². The van der Waals surface area contributed by atoms with Crippen LogP contribution in [0.25, 0.3) is 0 Å². The van der Waals surface area contributed by atoms with Gasteiger partial charge in [0.15, 0.2) is 5.82 Å². The summed E-state index contributed by atoms with van der Waals surface area (Å²) in [4.78, 5) is 0. The Kier molecular flexibility index (Phi) is 3.52. The number of ether oxygens (including phenoxy) is 1. The lowest BCUT2D eigenvalue weighted by Crippen LogP contribution is -2.40. The van der Waals surface area contributed by atoms with E-state index in [1.54, 1.807) is 0 Å². The molecule has 0 spiro atoms. The van der Waals surface area contributed by atoms with E-state index >= 15 is 0 Å². The van der Waals surface area contributed by atoms with Gasteiger partial charge in [-0.25, -0.2) is 5.01 Å². The van der Waals surface area contributed by atoms with E-state index in [1.807, 2.05) is 18.9 Å². The van der Waals surface area contributed by atoms with Crippen LogP contribution in [0.15, 0.2) is 0 Å². The minimum atomic E-state index is 0.525. The third-order valence-corrected chi connectivity index (χ3v) is 2.84. The second-order valence-electron chi connectivity index (χ2n) is 3.96. The Labute approximate surface area is 100 Å². The second kappa shape index (κ2) is 5.08. The zero-order valence-electron chi connectivity index (χ0n) is 10.0. The van der Waals surface area contributed by atoms with Crippen molar-refractivity contribution in [2.75, 3.05) is 31.7 Å². The quantitative estimate of drug-likeness (QED) is 0.807. The Hall–Kier alpha value is -1.71. The molecule has 1 fully saturated rings. The van der Waals surface area contributed by atoms with Crippen molar-refractivity contribution in [3.05, 3.63) is 16.8 Å². The van der Waals surface area contributed by atoms with Gasteiger partial charge in [-0.2, -0.15) is 10.4 Å². The van der Waals surface area contributed by atoms with Crippen molar-refractivity contribution >= 4 is 5.82 Å². The maximum absolute atomic E-state index is 9.15. The summed E-state index contributed by atoms with van der Waals surface area (Å²) in [6.07, 6.45) is 0. The van der Waals surface area contributed by atoms with E-state index in [1.165, 1.54) is 0 Å². The standard InChI is InChI=1S/C11H15N5O/c1-8-9(2)13-14-11(10(8)7-12)15-16-3-5-17-6-4-16/h3-6H2,1-2H3,(H,14,15). The largest absolute Gasteiger partial charge is 0.379 e. The minimum absolute atomic E-state index is 0.525. The summed E-state index contributed by atoms with van der Waals surface area (Å²) in [6.45, 7) is 6.66. The predicted molar refractivity (Wildman–Crippen MR) is 62.2 cm³/mol. The number of hydrogen-bond donors (Lipinski definition) is 1. The summed E-state index contributed by atoms with van der Waals surface area (Å²) in [5.74, 6) is 0.525. The molecule has 1 N–H and O–H groups in total. The van der Waals surface area contributed by atoms with Crippen LogP contribution in [0.2, 0.25) is 0 Å². The van der Waals surface area contributed by atoms with E-state index < -0.39 is 0 Å². The molecular formula is C11H15N5O. The summed E-state index contributed by atoms with van der Waals surface area (Å²) in [6, 6.07) is 2.17. The van der Waals surface area contributed by atoms with Crippen molar-refractivity contribution in [2.24, 2.45) is 0 Å². The average Bonchev–Trinajstić information content (AvgIpc) is 2.36. The predicted octanol–water partition coefficient (Wildman–Crippen LogP) is 0.624. The Bertz CT molecular complexity index is 448.